The highest BCUT2D eigenvalue weighted by Crippen LogP contribution is 2.25. The number of benzene rings is 1. The van der Waals surface area contributed by atoms with Gasteiger partial charge in [-0.1, -0.05) is 17.7 Å². The second kappa shape index (κ2) is 7.29. The summed E-state index contributed by atoms with van der Waals surface area (Å²) in [5.74, 6) is 0.790. The normalized spacial score (nSPS) is 14.1. The third kappa shape index (κ3) is 3.35. The van der Waals surface area contributed by atoms with Gasteiger partial charge < -0.3 is 10.2 Å². The van der Waals surface area contributed by atoms with Gasteiger partial charge in [0.25, 0.3) is 5.91 Å². The van der Waals surface area contributed by atoms with Crippen LogP contribution in [0.15, 0.2) is 36.8 Å². The molecule has 8 heteroatoms. The molecule has 0 bridgehead atoms. The molecule has 0 atom stereocenters. The first-order valence-electron chi connectivity index (χ1n) is 8.67. The van der Waals surface area contributed by atoms with E-state index in [0.29, 0.717) is 23.7 Å². The van der Waals surface area contributed by atoms with E-state index in [1.54, 1.807) is 35.3 Å². The van der Waals surface area contributed by atoms with Gasteiger partial charge in [-0.3, -0.25) is 4.79 Å². The van der Waals surface area contributed by atoms with Crippen LogP contribution in [-0.2, 0) is 6.54 Å². The average Bonchev–Trinajstić information content (AvgIpc) is 3.31. The minimum Gasteiger partial charge on any atom is -0.356 e. The molecule has 4 rings (SSSR count). The Hall–Kier alpha value is -2.67. The number of fused-ring (bicyclic) bond motifs is 1. The lowest BCUT2D eigenvalue weighted by atomic mass is 10.2. The fourth-order valence-electron chi connectivity index (χ4n) is 3.23. The maximum absolute atomic E-state index is 12.2. The Bertz CT molecular complexity index is 934. The van der Waals surface area contributed by atoms with Crippen molar-refractivity contribution in [3.8, 4) is 0 Å². The van der Waals surface area contributed by atoms with E-state index in [-0.39, 0.29) is 5.91 Å². The van der Waals surface area contributed by atoms with E-state index in [1.807, 2.05) is 6.20 Å². The average molecular weight is 371 g/mol. The molecule has 1 amide bonds. The van der Waals surface area contributed by atoms with E-state index in [4.69, 9.17) is 11.6 Å². The predicted octanol–water partition coefficient (Wildman–Crippen LogP) is 2.51. The molecule has 1 aliphatic heterocycles. The van der Waals surface area contributed by atoms with Crippen LogP contribution < -0.4 is 10.2 Å². The van der Waals surface area contributed by atoms with Crippen molar-refractivity contribution in [2.45, 2.75) is 19.4 Å². The summed E-state index contributed by atoms with van der Waals surface area (Å²) in [6.45, 7) is 3.03. The summed E-state index contributed by atoms with van der Waals surface area (Å²) in [5, 5.41) is 8.81. The van der Waals surface area contributed by atoms with Crippen LogP contribution in [0.1, 0.15) is 23.2 Å². The Labute approximate surface area is 156 Å². The van der Waals surface area contributed by atoms with Crippen molar-refractivity contribution in [1.29, 1.82) is 0 Å². The summed E-state index contributed by atoms with van der Waals surface area (Å²) in [5.41, 5.74) is 1.33. The first-order valence-corrected chi connectivity index (χ1v) is 9.05. The number of hydrogen-bond donors (Lipinski definition) is 1. The molecule has 26 heavy (non-hydrogen) atoms. The summed E-state index contributed by atoms with van der Waals surface area (Å²) in [7, 11) is 0. The van der Waals surface area contributed by atoms with Gasteiger partial charge in [0.2, 0.25) is 0 Å². The number of anilines is 1. The van der Waals surface area contributed by atoms with Gasteiger partial charge >= 0.3 is 0 Å². The fraction of sp³-hybridized carbons (Fsp3) is 0.333. The largest absolute Gasteiger partial charge is 0.356 e. The quantitative estimate of drug-likeness (QED) is 0.746. The monoisotopic (exact) mass is 370 g/mol. The van der Waals surface area contributed by atoms with Crippen LogP contribution in [0.5, 0.6) is 0 Å². The number of amides is 1. The molecule has 1 saturated heterocycles. The lowest BCUT2D eigenvalue weighted by molar-refractivity contribution is 0.0952. The van der Waals surface area contributed by atoms with Crippen molar-refractivity contribution >= 4 is 34.4 Å². The smallest absolute Gasteiger partial charge is 0.251 e. The van der Waals surface area contributed by atoms with Gasteiger partial charge in [-0.2, -0.15) is 5.10 Å². The molecule has 1 N–H and O–H groups in total. The Morgan fingerprint density at radius 3 is 2.88 bits per heavy atom. The number of halogens is 1. The number of rotatable bonds is 5. The number of carbonyl (C=O) groups is 1. The first-order chi connectivity index (χ1) is 12.7. The van der Waals surface area contributed by atoms with Crippen LogP contribution in [-0.4, -0.2) is 45.3 Å². The third-order valence-electron chi connectivity index (χ3n) is 4.51. The van der Waals surface area contributed by atoms with Crippen LogP contribution in [0.4, 0.5) is 5.82 Å². The van der Waals surface area contributed by atoms with Crippen molar-refractivity contribution in [2.75, 3.05) is 24.5 Å². The van der Waals surface area contributed by atoms with Crippen molar-refractivity contribution in [2.24, 2.45) is 0 Å². The SMILES string of the molecule is O=C(NCCn1ncc2c(N3CCCC3)ncnc21)c1cccc(Cl)c1. The molecule has 3 heterocycles. The molecule has 1 fully saturated rings. The summed E-state index contributed by atoms with van der Waals surface area (Å²) in [6.07, 6.45) is 5.77. The van der Waals surface area contributed by atoms with Crippen LogP contribution >= 0.6 is 11.6 Å². The minimum absolute atomic E-state index is 0.156. The number of aromatic nitrogens is 4. The topological polar surface area (TPSA) is 75.9 Å². The standard InChI is InChI=1S/C18H19ClN6O/c19-14-5-3-4-13(10-14)18(26)20-6-9-25-17-15(11-23-25)16(21-12-22-17)24-7-1-2-8-24/h3-5,10-12H,1-2,6-9H2,(H,20,26). The van der Waals surface area contributed by atoms with Gasteiger partial charge in [-0.25, -0.2) is 14.6 Å². The molecule has 2 aromatic heterocycles. The number of nitrogens with one attached hydrogen (secondary N) is 1. The van der Waals surface area contributed by atoms with E-state index < -0.39 is 0 Å². The Balaban J connectivity index is 1.45. The van der Waals surface area contributed by atoms with Crippen molar-refractivity contribution in [1.82, 2.24) is 25.1 Å². The molecule has 0 radical (unpaired) electrons. The lowest BCUT2D eigenvalue weighted by Gasteiger charge is -2.16. The minimum atomic E-state index is -0.156. The van der Waals surface area contributed by atoms with Gasteiger partial charge in [-0.05, 0) is 31.0 Å². The molecule has 0 unspecified atom stereocenters. The summed E-state index contributed by atoms with van der Waals surface area (Å²) >= 11 is 5.93. The predicted molar refractivity (Wildman–Crippen MR) is 101 cm³/mol. The molecule has 1 aromatic carbocycles. The lowest BCUT2D eigenvalue weighted by Crippen LogP contribution is -2.27. The molecular weight excluding hydrogens is 352 g/mol. The molecule has 7 nitrogen and oxygen atoms in total. The molecule has 0 spiro atoms. The van der Waals surface area contributed by atoms with Crippen molar-refractivity contribution in [3.05, 3.63) is 47.4 Å². The Kier molecular flexibility index (Phi) is 4.71. The van der Waals surface area contributed by atoms with E-state index >= 15 is 0 Å². The second-order valence-electron chi connectivity index (χ2n) is 6.26. The van der Waals surface area contributed by atoms with E-state index in [9.17, 15) is 4.79 Å². The third-order valence-corrected chi connectivity index (χ3v) is 4.75. The zero-order chi connectivity index (χ0) is 17.9. The Morgan fingerprint density at radius 2 is 2.08 bits per heavy atom. The molecule has 3 aromatic rings. The Morgan fingerprint density at radius 1 is 1.23 bits per heavy atom. The summed E-state index contributed by atoms with van der Waals surface area (Å²) in [4.78, 5) is 23.3. The number of hydrogen-bond acceptors (Lipinski definition) is 5. The van der Waals surface area contributed by atoms with Crippen molar-refractivity contribution < 1.29 is 4.79 Å². The first kappa shape index (κ1) is 16.8. The highest BCUT2D eigenvalue weighted by molar-refractivity contribution is 6.30. The van der Waals surface area contributed by atoms with Gasteiger partial charge in [0, 0.05) is 30.2 Å². The van der Waals surface area contributed by atoms with Crippen molar-refractivity contribution in [3.63, 3.8) is 0 Å². The zero-order valence-electron chi connectivity index (χ0n) is 14.2. The van der Waals surface area contributed by atoms with Crippen LogP contribution in [0.3, 0.4) is 0 Å². The van der Waals surface area contributed by atoms with Gasteiger partial charge in [-0.15, -0.1) is 0 Å². The molecule has 0 aliphatic carbocycles. The second-order valence-corrected chi connectivity index (χ2v) is 6.70. The van der Waals surface area contributed by atoms with Gasteiger partial charge in [0.1, 0.15) is 12.1 Å². The van der Waals surface area contributed by atoms with Crippen LogP contribution in [0.2, 0.25) is 5.02 Å². The molecular formula is C18H19ClN6O. The number of carbonyl (C=O) groups excluding carboxylic acids is 1. The summed E-state index contributed by atoms with van der Waals surface area (Å²) in [6, 6.07) is 6.89. The van der Waals surface area contributed by atoms with Gasteiger partial charge in [0.05, 0.1) is 18.1 Å². The number of nitrogens with zero attached hydrogens (tertiary/aromatic N) is 5. The van der Waals surface area contributed by atoms with E-state index in [1.165, 1.54) is 12.8 Å². The zero-order valence-corrected chi connectivity index (χ0v) is 15.0. The maximum Gasteiger partial charge on any atom is 0.251 e. The summed E-state index contributed by atoms with van der Waals surface area (Å²) < 4.78 is 1.80. The van der Waals surface area contributed by atoms with Crippen LogP contribution in [0.25, 0.3) is 11.0 Å². The van der Waals surface area contributed by atoms with E-state index in [2.05, 4.69) is 25.3 Å². The maximum atomic E-state index is 12.2. The van der Waals surface area contributed by atoms with E-state index in [0.717, 1.165) is 29.9 Å². The highest BCUT2D eigenvalue weighted by Gasteiger charge is 2.18. The molecule has 1 aliphatic rings. The fourth-order valence-corrected chi connectivity index (χ4v) is 3.42. The highest BCUT2D eigenvalue weighted by atomic mass is 35.5. The molecule has 134 valence electrons. The van der Waals surface area contributed by atoms with Crippen LogP contribution in [0, 0.1) is 0 Å². The molecule has 0 saturated carbocycles. The van der Waals surface area contributed by atoms with Gasteiger partial charge in [0.15, 0.2) is 5.65 Å².